The third-order valence-corrected chi connectivity index (χ3v) is 4.89. The van der Waals surface area contributed by atoms with Crippen LogP contribution in [0, 0.1) is 5.92 Å². The van der Waals surface area contributed by atoms with Gasteiger partial charge in [0.15, 0.2) is 0 Å². The van der Waals surface area contributed by atoms with Crippen LogP contribution in [-0.2, 0) is 11.3 Å². The predicted molar refractivity (Wildman–Crippen MR) is 112 cm³/mol. The van der Waals surface area contributed by atoms with Crippen LogP contribution in [0.5, 0.6) is 0 Å². The zero-order valence-corrected chi connectivity index (χ0v) is 16.8. The number of benzene rings is 2. The minimum Gasteiger partial charge on any atom is -0.373 e. The van der Waals surface area contributed by atoms with Gasteiger partial charge in [-0.2, -0.15) is 0 Å². The molecule has 6 heteroatoms. The van der Waals surface area contributed by atoms with E-state index in [0.717, 1.165) is 18.7 Å². The molecule has 1 aliphatic rings. The van der Waals surface area contributed by atoms with Crippen molar-refractivity contribution >= 4 is 36.4 Å². The van der Waals surface area contributed by atoms with E-state index in [4.69, 9.17) is 5.73 Å². The number of hydrogen-bond donors (Lipinski definition) is 1. The second-order valence-electron chi connectivity index (χ2n) is 6.54. The number of fused-ring (bicyclic) bond motifs is 1. The van der Waals surface area contributed by atoms with E-state index in [2.05, 4.69) is 24.1 Å². The average molecular weight is 396 g/mol. The van der Waals surface area contributed by atoms with Gasteiger partial charge in [0.1, 0.15) is 0 Å². The molecule has 0 saturated carbocycles. The van der Waals surface area contributed by atoms with Gasteiger partial charge in [-0.05, 0) is 17.2 Å². The topological polar surface area (TPSA) is 49.6 Å². The fourth-order valence-corrected chi connectivity index (χ4v) is 3.29. The number of carbonyl (C=O) groups is 1. The average Bonchev–Trinajstić information content (AvgIpc) is 2.80. The maximum atomic E-state index is 13.0. The van der Waals surface area contributed by atoms with E-state index in [-0.39, 0.29) is 42.7 Å². The van der Waals surface area contributed by atoms with Crippen molar-refractivity contribution in [3.8, 4) is 0 Å². The zero-order valence-electron chi connectivity index (χ0n) is 15.2. The molecule has 1 heterocycles. The monoisotopic (exact) mass is 395 g/mol. The first-order valence-electron chi connectivity index (χ1n) is 8.46. The largest absolute Gasteiger partial charge is 0.373 e. The van der Waals surface area contributed by atoms with Crippen molar-refractivity contribution in [2.45, 2.75) is 19.5 Å². The Balaban J connectivity index is 0.00000169. The zero-order chi connectivity index (χ0) is 17.1. The lowest BCUT2D eigenvalue weighted by Gasteiger charge is -2.27. The molecule has 0 bridgehead atoms. The Hall–Kier alpha value is -1.75. The minimum atomic E-state index is -0.282. The highest BCUT2D eigenvalue weighted by Crippen LogP contribution is 2.26. The molecule has 0 radical (unpaired) electrons. The number of carbonyl (C=O) groups excluding carboxylic acids is 1. The molecule has 2 unspecified atom stereocenters. The Morgan fingerprint density at radius 2 is 1.62 bits per heavy atom. The first-order chi connectivity index (χ1) is 11.6. The lowest BCUT2D eigenvalue weighted by Crippen LogP contribution is -2.40. The van der Waals surface area contributed by atoms with E-state index < -0.39 is 0 Å². The highest BCUT2D eigenvalue weighted by atomic mass is 35.5. The molecule has 2 aromatic carbocycles. The van der Waals surface area contributed by atoms with Crippen molar-refractivity contribution < 1.29 is 4.79 Å². The molecule has 0 spiro atoms. The van der Waals surface area contributed by atoms with Gasteiger partial charge in [-0.25, -0.2) is 0 Å². The van der Waals surface area contributed by atoms with Crippen molar-refractivity contribution in [1.82, 2.24) is 4.90 Å². The third kappa shape index (κ3) is 4.70. The van der Waals surface area contributed by atoms with Crippen LogP contribution in [-0.4, -0.2) is 30.9 Å². The molecule has 2 N–H and O–H groups in total. The highest BCUT2D eigenvalue weighted by Gasteiger charge is 2.28. The molecule has 3 rings (SSSR count). The summed E-state index contributed by atoms with van der Waals surface area (Å²) in [7, 11) is 2.08. The number of nitrogens with two attached hydrogens (primary N) is 1. The summed E-state index contributed by atoms with van der Waals surface area (Å²) in [6, 6.07) is 17.9. The molecular formula is C20H27Cl2N3O. The molecule has 26 heavy (non-hydrogen) atoms. The first-order valence-corrected chi connectivity index (χ1v) is 8.46. The van der Waals surface area contributed by atoms with E-state index in [9.17, 15) is 4.79 Å². The summed E-state index contributed by atoms with van der Waals surface area (Å²) in [4.78, 5) is 17.2. The molecule has 2 atom stereocenters. The number of rotatable bonds is 3. The minimum absolute atomic E-state index is 0. The van der Waals surface area contributed by atoms with E-state index in [0.29, 0.717) is 6.54 Å². The molecule has 1 amide bonds. The number of amides is 1. The van der Waals surface area contributed by atoms with E-state index >= 15 is 0 Å². The molecule has 0 aliphatic carbocycles. The number of hydrogen-bond acceptors (Lipinski definition) is 3. The molecule has 4 nitrogen and oxygen atoms in total. The van der Waals surface area contributed by atoms with Gasteiger partial charge in [0, 0.05) is 38.4 Å². The van der Waals surface area contributed by atoms with Gasteiger partial charge in [0.25, 0.3) is 0 Å². The Bertz CT molecular complexity index is 711. The van der Waals surface area contributed by atoms with Crippen LogP contribution in [0.4, 0.5) is 5.69 Å². The number of halogens is 2. The summed E-state index contributed by atoms with van der Waals surface area (Å²) < 4.78 is 0. The molecular weight excluding hydrogens is 369 g/mol. The fourth-order valence-electron chi connectivity index (χ4n) is 3.29. The summed E-state index contributed by atoms with van der Waals surface area (Å²) >= 11 is 0. The van der Waals surface area contributed by atoms with Gasteiger partial charge < -0.3 is 15.5 Å². The highest BCUT2D eigenvalue weighted by molar-refractivity contribution is 5.85. The lowest BCUT2D eigenvalue weighted by molar-refractivity contribution is -0.136. The van der Waals surface area contributed by atoms with Crippen LogP contribution in [0.15, 0.2) is 54.6 Å². The molecule has 0 saturated heterocycles. The second kappa shape index (κ2) is 9.81. The Morgan fingerprint density at radius 1 is 1.00 bits per heavy atom. The van der Waals surface area contributed by atoms with Crippen molar-refractivity contribution in [2.24, 2.45) is 11.7 Å². The number of anilines is 1. The van der Waals surface area contributed by atoms with Crippen molar-refractivity contribution in [1.29, 1.82) is 0 Å². The second-order valence-corrected chi connectivity index (χ2v) is 6.54. The Morgan fingerprint density at radius 3 is 2.31 bits per heavy atom. The lowest BCUT2D eigenvalue weighted by atomic mass is 9.94. The first kappa shape index (κ1) is 22.3. The number of para-hydroxylation sites is 1. The van der Waals surface area contributed by atoms with Crippen molar-refractivity contribution in [3.63, 3.8) is 0 Å². The summed E-state index contributed by atoms with van der Waals surface area (Å²) in [5, 5.41) is 0. The normalized spacial score (nSPS) is 15.7. The van der Waals surface area contributed by atoms with Crippen LogP contribution in [0.25, 0.3) is 0 Å². The van der Waals surface area contributed by atoms with E-state index in [1.165, 1.54) is 11.3 Å². The van der Waals surface area contributed by atoms with Gasteiger partial charge in [-0.3, -0.25) is 4.79 Å². The summed E-state index contributed by atoms with van der Waals surface area (Å²) in [5.41, 5.74) is 9.74. The van der Waals surface area contributed by atoms with Crippen LogP contribution in [0.1, 0.15) is 24.1 Å². The Labute approximate surface area is 168 Å². The number of likely N-dealkylation sites (N-methyl/N-ethyl adjacent to an activating group) is 1. The van der Waals surface area contributed by atoms with Crippen LogP contribution in [0.2, 0.25) is 0 Å². The SMILES string of the molecule is CC(C(=O)N1CCN(C)c2ccccc2C1)C(N)c1ccccc1.Cl.Cl. The van der Waals surface area contributed by atoms with Gasteiger partial charge in [-0.15, -0.1) is 24.8 Å². The maximum Gasteiger partial charge on any atom is 0.227 e. The van der Waals surface area contributed by atoms with Gasteiger partial charge in [0.2, 0.25) is 5.91 Å². The van der Waals surface area contributed by atoms with Gasteiger partial charge >= 0.3 is 0 Å². The fraction of sp³-hybridized carbons (Fsp3) is 0.350. The molecule has 0 aromatic heterocycles. The van der Waals surface area contributed by atoms with Crippen LogP contribution >= 0.6 is 24.8 Å². The van der Waals surface area contributed by atoms with Crippen LogP contribution < -0.4 is 10.6 Å². The van der Waals surface area contributed by atoms with Crippen molar-refractivity contribution in [3.05, 3.63) is 65.7 Å². The maximum absolute atomic E-state index is 13.0. The summed E-state index contributed by atoms with van der Waals surface area (Å²) in [6.07, 6.45) is 0. The Kier molecular flexibility index (Phi) is 8.41. The van der Waals surface area contributed by atoms with E-state index in [1.807, 2.05) is 54.3 Å². The van der Waals surface area contributed by atoms with E-state index in [1.54, 1.807) is 0 Å². The van der Waals surface area contributed by atoms with Gasteiger partial charge in [0.05, 0.1) is 5.92 Å². The third-order valence-electron chi connectivity index (χ3n) is 4.89. The molecule has 0 fully saturated rings. The number of nitrogens with zero attached hydrogens (tertiary/aromatic N) is 2. The summed E-state index contributed by atoms with van der Waals surface area (Å²) in [5.74, 6) is -0.126. The smallest absolute Gasteiger partial charge is 0.227 e. The quantitative estimate of drug-likeness (QED) is 0.862. The van der Waals surface area contributed by atoms with Crippen LogP contribution in [0.3, 0.4) is 0 Å². The standard InChI is InChI=1S/C20H25N3O.2ClH/c1-15(19(21)16-8-4-3-5-9-16)20(24)23-13-12-22(2)18-11-7-6-10-17(18)14-23;;/h3-11,15,19H,12-14,21H2,1-2H3;2*1H. The summed E-state index contributed by atoms with van der Waals surface area (Å²) in [6.45, 7) is 4.12. The van der Waals surface area contributed by atoms with Gasteiger partial charge in [-0.1, -0.05) is 55.5 Å². The molecule has 1 aliphatic heterocycles. The molecule has 142 valence electrons. The van der Waals surface area contributed by atoms with Crippen molar-refractivity contribution in [2.75, 3.05) is 25.0 Å². The molecule has 2 aromatic rings. The predicted octanol–water partition coefficient (Wildman–Crippen LogP) is 3.64.